The standard InChI is InChI=1S/C23H27N3O4S/c1-14-21(31-16-10-8-15(9-11-16)23(2,3)4)24-25-26(14)18-13-19(28-5)17(22(27)30-7)12-20(18)29-6/h8-13H,1-7H3. The summed E-state index contributed by atoms with van der Waals surface area (Å²) in [5.74, 6) is 0.316. The maximum Gasteiger partial charge on any atom is 0.341 e. The first-order valence-corrected chi connectivity index (χ1v) is 10.6. The molecule has 0 radical (unpaired) electrons. The van der Waals surface area contributed by atoms with Gasteiger partial charge in [-0.3, -0.25) is 0 Å². The highest BCUT2D eigenvalue weighted by Crippen LogP contribution is 2.35. The van der Waals surface area contributed by atoms with Gasteiger partial charge in [-0.05, 0) is 30.0 Å². The van der Waals surface area contributed by atoms with Crippen molar-refractivity contribution in [3.8, 4) is 17.2 Å². The molecule has 7 nitrogen and oxygen atoms in total. The molecule has 1 heterocycles. The van der Waals surface area contributed by atoms with Crippen LogP contribution in [0.15, 0.2) is 46.3 Å². The van der Waals surface area contributed by atoms with Gasteiger partial charge in [0.1, 0.15) is 27.8 Å². The fourth-order valence-electron chi connectivity index (χ4n) is 3.09. The Hall–Kier alpha value is -3.00. The molecule has 0 saturated heterocycles. The molecule has 0 atom stereocenters. The summed E-state index contributed by atoms with van der Waals surface area (Å²) in [6.45, 7) is 8.51. The Bertz CT molecular complexity index is 1090. The molecule has 1 aromatic heterocycles. The zero-order chi connectivity index (χ0) is 22.8. The summed E-state index contributed by atoms with van der Waals surface area (Å²) in [4.78, 5) is 13.2. The Morgan fingerprint density at radius 3 is 2.19 bits per heavy atom. The van der Waals surface area contributed by atoms with Gasteiger partial charge in [0.05, 0.1) is 27.0 Å². The molecule has 0 N–H and O–H groups in total. The summed E-state index contributed by atoms with van der Waals surface area (Å²) >= 11 is 1.54. The number of ether oxygens (including phenoxy) is 3. The predicted octanol–water partition coefficient (Wildman–Crippen LogP) is 4.83. The van der Waals surface area contributed by atoms with Crippen molar-refractivity contribution in [3.63, 3.8) is 0 Å². The summed E-state index contributed by atoms with van der Waals surface area (Å²) in [6, 6.07) is 11.7. The van der Waals surface area contributed by atoms with Crippen LogP contribution < -0.4 is 9.47 Å². The molecule has 0 unspecified atom stereocenters. The number of esters is 1. The van der Waals surface area contributed by atoms with Crippen LogP contribution in [-0.2, 0) is 10.2 Å². The van der Waals surface area contributed by atoms with Crippen LogP contribution in [0.4, 0.5) is 0 Å². The number of rotatable bonds is 6. The first-order valence-electron chi connectivity index (χ1n) is 9.75. The third-order valence-electron chi connectivity index (χ3n) is 4.92. The van der Waals surface area contributed by atoms with Crippen LogP contribution >= 0.6 is 11.8 Å². The Morgan fingerprint density at radius 2 is 1.65 bits per heavy atom. The molecule has 0 saturated carbocycles. The van der Waals surface area contributed by atoms with Crippen LogP contribution in [0.2, 0.25) is 0 Å². The highest BCUT2D eigenvalue weighted by Gasteiger charge is 2.21. The molecule has 31 heavy (non-hydrogen) atoms. The molecular formula is C23H27N3O4S. The fraction of sp³-hybridized carbons (Fsp3) is 0.348. The van der Waals surface area contributed by atoms with Gasteiger partial charge in [-0.2, -0.15) is 0 Å². The van der Waals surface area contributed by atoms with E-state index in [-0.39, 0.29) is 11.0 Å². The molecular weight excluding hydrogens is 414 g/mol. The summed E-state index contributed by atoms with van der Waals surface area (Å²) in [5, 5.41) is 9.44. The Balaban J connectivity index is 1.96. The van der Waals surface area contributed by atoms with E-state index in [2.05, 4.69) is 55.3 Å². The average molecular weight is 442 g/mol. The van der Waals surface area contributed by atoms with Crippen molar-refractivity contribution in [3.05, 3.63) is 53.2 Å². The van der Waals surface area contributed by atoms with Crippen molar-refractivity contribution in [1.29, 1.82) is 0 Å². The Morgan fingerprint density at radius 1 is 1.00 bits per heavy atom. The van der Waals surface area contributed by atoms with E-state index in [1.54, 1.807) is 28.6 Å². The van der Waals surface area contributed by atoms with E-state index >= 15 is 0 Å². The molecule has 8 heteroatoms. The molecule has 3 aromatic rings. The number of hydrogen-bond acceptors (Lipinski definition) is 7. The van der Waals surface area contributed by atoms with Gasteiger partial charge in [-0.15, -0.1) is 5.10 Å². The van der Waals surface area contributed by atoms with Crippen molar-refractivity contribution in [2.24, 2.45) is 0 Å². The minimum absolute atomic E-state index is 0.105. The fourth-order valence-corrected chi connectivity index (χ4v) is 3.90. The van der Waals surface area contributed by atoms with Gasteiger partial charge in [0.2, 0.25) is 0 Å². The van der Waals surface area contributed by atoms with E-state index in [0.29, 0.717) is 17.2 Å². The molecule has 0 aliphatic heterocycles. The lowest BCUT2D eigenvalue weighted by Crippen LogP contribution is -2.10. The Kier molecular flexibility index (Phi) is 6.59. The molecule has 0 aliphatic carbocycles. The molecule has 0 bridgehead atoms. The van der Waals surface area contributed by atoms with E-state index in [9.17, 15) is 4.79 Å². The van der Waals surface area contributed by atoms with Crippen molar-refractivity contribution >= 4 is 17.7 Å². The van der Waals surface area contributed by atoms with Gasteiger partial charge in [-0.25, -0.2) is 9.48 Å². The largest absolute Gasteiger partial charge is 0.496 e. The third-order valence-corrected chi connectivity index (χ3v) is 6.00. The normalized spacial score (nSPS) is 11.3. The monoisotopic (exact) mass is 441 g/mol. The van der Waals surface area contributed by atoms with Crippen LogP contribution in [0.25, 0.3) is 5.69 Å². The van der Waals surface area contributed by atoms with Crippen LogP contribution in [0.5, 0.6) is 11.5 Å². The number of benzene rings is 2. The van der Waals surface area contributed by atoms with Crippen LogP contribution in [0.3, 0.4) is 0 Å². The van der Waals surface area contributed by atoms with Crippen LogP contribution in [0, 0.1) is 6.92 Å². The van der Waals surface area contributed by atoms with Gasteiger partial charge in [0.25, 0.3) is 0 Å². The van der Waals surface area contributed by atoms with Crippen LogP contribution in [-0.4, -0.2) is 42.3 Å². The van der Waals surface area contributed by atoms with Gasteiger partial charge in [-0.1, -0.05) is 49.9 Å². The first kappa shape index (κ1) is 22.7. The summed E-state index contributed by atoms with van der Waals surface area (Å²) in [5.41, 5.74) is 3.12. The zero-order valence-corrected chi connectivity index (χ0v) is 19.7. The van der Waals surface area contributed by atoms with Gasteiger partial charge < -0.3 is 14.2 Å². The lowest BCUT2D eigenvalue weighted by molar-refractivity contribution is 0.0596. The molecule has 0 aliphatic rings. The lowest BCUT2D eigenvalue weighted by atomic mass is 9.87. The van der Waals surface area contributed by atoms with Gasteiger partial charge in [0, 0.05) is 17.0 Å². The zero-order valence-electron chi connectivity index (χ0n) is 18.8. The van der Waals surface area contributed by atoms with Gasteiger partial charge in [0.15, 0.2) is 0 Å². The van der Waals surface area contributed by atoms with E-state index in [4.69, 9.17) is 14.2 Å². The maximum absolute atomic E-state index is 12.1. The van der Waals surface area contributed by atoms with E-state index < -0.39 is 5.97 Å². The Labute approximate surface area is 186 Å². The summed E-state index contributed by atoms with van der Waals surface area (Å²) in [7, 11) is 4.35. The minimum atomic E-state index is -0.507. The molecule has 164 valence electrons. The number of hydrogen-bond donors (Lipinski definition) is 0. The number of carbonyl (C=O) groups excluding carboxylic acids is 1. The quantitative estimate of drug-likeness (QED) is 0.507. The van der Waals surface area contributed by atoms with Crippen molar-refractivity contribution < 1.29 is 19.0 Å². The summed E-state index contributed by atoms with van der Waals surface area (Å²) in [6.07, 6.45) is 0. The second kappa shape index (κ2) is 9.01. The second-order valence-electron chi connectivity index (χ2n) is 7.98. The van der Waals surface area contributed by atoms with E-state index in [1.807, 2.05) is 6.92 Å². The molecule has 0 amide bonds. The van der Waals surface area contributed by atoms with E-state index in [0.717, 1.165) is 15.6 Å². The highest BCUT2D eigenvalue weighted by atomic mass is 32.2. The topological polar surface area (TPSA) is 75.5 Å². The van der Waals surface area contributed by atoms with Crippen molar-refractivity contribution in [1.82, 2.24) is 15.0 Å². The number of carbonyl (C=O) groups is 1. The number of methoxy groups -OCH3 is 3. The van der Waals surface area contributed by atoms with Crippen LogP contribution in [0.1, 0.15) is 42.4 Å². The highest BCUT2D eigenvalue weighted by molar-refractivity contribution is 7.99. The maximum atomic E-state index is 12.1. The van der Waals surface area contributed by atoms with Crippen molar-refractivity contribution in [2.45, 2.75) is 43.0 Å². The van der Waals surface area contributed by atoms with Crippen molar-refractivity contribution in [2.75, 3.05) is 21.3 Å². The minimum Gasteiger partial charge on any atom is -0.496 e. The smallest absolute Gasteiger partial charge is 0.341 e. The number of nitrogens with zero attached hydrogens (tertiary/aromatic N) is 3. The molecule has 2 aromatic carbocycles. The molecule has 0 fully saturated rings. The second-order valence-corrected chi connectivity index (χ2v) is 9.05. The predicted molar refractivity (Wildman–Crippen MR) is 120 cm³/mol. The third kappa shape index (κ3) is 4.69. The van der Waals surface area contributed by atoms with Gasteiger partial charge >= 0.3 is 5.97 Å². The average Bonchev–Trinajstić information content (AvgIpc) is 3.11. The molecule has 3 rings (SSSR count). The number of aromatic nitrogens is 3. The lowest BCUT2D eigenvalue weighted by Gasteiger charge is -2.18. The van der Waals surface area contributed by atoms with E-state index in [1.165, 1.54) is 26.9 Å². The SMILES string of the molecule is COC(=O)c1cc(OC)c(-n2nnc(Sc3ccc(C(C)(C)C)cc3)c2C)cc1OC. The summed E-state index contributed by atoms with van der Waals surface area (Å²) < 4.78 is 17.4. The molecule has 0 spiro atoms. The first-order chi connectivity index (χ1) is 14.7.